The molecule has 1 atom stereocenters. The van der Waals surface area contributed by atoms with Crippen LogP contribution in [0.3, 0.4) is 0 Å². The van der Waals surface area contributed by atoms with Crippen molar-refractivity contribution in [2.24, 2.45) is 0 Å². The van der Waals surface area contributed by atoms with Gasteiger partial charge in [-0.05, 0) is 36.6 Å². The molecule has 1 N–H and O–H groups in total. The lowest BCUT2D eigenvalue weighted by Gasteiger charge is -2.46. The number of para-hydroxylation sites is 2. The van der Waals surface area contributed by atoms with Crippen molar-refractivity contribution < 1.29 is 14.4 Å². The number of aryl methyl sites for hydroxylation is 1. The van der Waals surface area contributed by atoms with Gasteiger partial charge in [0, 0.05) is 63.5 Å². The second kappa shape index (κ2) is 9.00. The second-order valence-electron chi connectivity index (χ2n) is 9.87. The summed E-state index contributed by atoms with van der Waals surface area (Å²) < 4.78 is 2.24. The Morgan fingerprint density at radius 2 is 1.81 bits per heavy atom. The van der Waals surface area contributed by atoms with E-state index in [0.717, 1.165) is 41.8 Å². The van der Waals surface area contributed by atoms with Gasteiger partial charge in [-0.25, -0.2) is 0 Å². The predicted octanol–water partition coefficient (Wildman–Crippen LogP) is 2.92. The van der Waals surface area contributed by atoms with E-state index in [1.165, 1.54) is 10.9 Å². The zero-order chi connectivity index (χ0) is 24.8. The summed E-state index contributed by atoms with van der Waals surface area (Å²) in [5.41, 5.74) is 5.13. The number of benzene rings is 2. The van der Waals surface area contributed by atoms with Crippen LogP contribution in [-0.4, -0.2) is 65.3 Å². The highest BCUT2D eigenvalue weighted by molar-refractivity contribution is 6.02. The molecule has 0 radical (unpaired) electrons. The van der Waals surface area contributed by atoms with Gasteiger partial charge in [0.25, 0.3) is 5.91 Å². The molecule has 1 saturated heterocycles. The summed E-state index contributed by atoms with van der Waals surface area (Å²) >= 11 is 0. The molecule has 0 bridgehead atoms. The molecule has 186 valence electrons. The molecule has 8 heteroatoms. The third kappa shape index (κ3) is 3.63. The SMILES string of the molecule is CN1c2ccccc2C(=O)N2CCc3c(n(CCC(=O)NCCN4CCCC4=O)c4ccccc34)C21. The molecule has 3 aliphatic rings. The maximum absolute atomic E-state index is 13.4. The van der Waals surface area contributed by atoms with Gasteiger partial charge in [-0.3, -0.25) is 14.4 Å². The normalized spacial score (nSPS) is 18.9. The summed E-state index contributed by atoms with van der Waals surface area (Å²) in [5, 5.41) is 4.18. The zero-order valence-electron chi connectivity index (χ0n) is 20.6. The van der Waals surface area contributed by atoms with Gasteiger partial charge in [0.15, 0.2) is 0 Å². The first-order valence-corrected chi connectivity index (χ1v) is 12.8. The monoisotopic (exact) mass is 485 g/mol. The van der Waals surface area contributed by atoms with Crippen LogP contribution in [0.4, 0.5) is 5.69 Å². The van der Waals surface area contributed by atoms with Crippen molar-refractivity contribution in [3.63, 3.8) is 0 Å². The number of aromatic nitrogens is 1. The summed E-state index contributed by atoms with van der Waals surface area (Å²) in [7, 11) is 2.05. The molecule has 2 aromatic carbocycles. The van der Waals surface area contributed by atoms with Crippen molar-refractivity contribution in [1.82, 2.24) is 19.7 Å². The van der Waals surface area contributed by atoms with Gasteiger partial charge >= 0.3 is 0 Å². The van der Waals surface area contributed by atoms with Crippen LogP contribution in [-0.2, 0) is 22.6 Å². The molecular formula is C28H31N5O3. The number of hydrogen-bond donors (Lipinski definition) is 1. The molecule has 3 aliphatic heterocycles. The number of nitrogens with one attached hydrogen (secondary N) is 1. The summed E-state index contributed by atoms with van der Waals surface area (Å²) in [6, 6.07) is 16.1. The third-order valence-electron chi connectivity index (χ3n) is 7.84. The minimum Gasteiger partial charge on any atom is -0.354 e. The van der Waals surface area contributed by atoms with Gasteiger partial charge < -0.3 is 24.6 Å². The first kappa shape index (κ1) is 22.6. The molecule has 0 aliphatic carbocycles. The van der Waals surface area contributed by atoms with Crippen LogP contribution in [0.15, 0.2) is 48.5 Å². The number of amides is 3. The number of likely N-dealkylation sites (tertiary alicyclic amines) is 1. The number of nitrogens with zero attached hydrogens (tertiary/aromatic N) is 4. The Kier molecular flexibility index (Phi) is 5.66. The molecule has 6 rings (SSSR count). The van der Waals surface area contributed by atoms with Gasteiger partial charge in [-0.1, -0.05) is 30.3 Å². The smallest absolute Gasteiger partial charge is 0.257 e. The minimum absolute atomic E-state index is 0.0285. The molecule has 3 aromatic rings. The van der Waals surface area contributed by atoms with Crippen LogP contribution >= 0.6 is 0 Å². The number of carbonyl (C=O) groups is 3. The standard InChI is InChI=1S/C28H31N5O3/c1-30-22-9-4-3-8-21(22)28(36)33-16-12-20-19-7-2-5-10-23(19)32(26(20)27(30)33)17-13-24(34)29-14-18-31-15-6-11-25(31)35/h2-5,7-10,27H,6,11-18H2,1H3,(H,29,34). The highest BCUT2D eigenvalue weighted by Gasteiger charge is 2.42. The molecular weight excluding hydrogens is 454 g/mol. The highest BCUT2D eigenvalue weighted by atomic mass is 16.2. The summed E-state index contributed by atoms with van der Waals surface area (Å²) in [4.78, 5) is 44.0. The molecule has 4 heterocycles. The van der Waals surface area contributed by atoms with E-state index in [1.54, 1.807) is 0 Å². The van der Waals surface area contributed by atoms with Crippen molar-refractivity contribution in [3.05, 3.63) is 65.4 Å². The lowest BCUT2D eigenvalue weighted by Crippen LogP contribution is -2.51. The molecule has 0 spiro atoms. The number of carbonyl (C=O) groups excluding carboxylic acids is 3. The Bertz CT molecular complexity index is 1360. The average molecular weight is 486 g/mol. The largest absolute Gasteiger partial charge is 0.354 e. The Labute approximate surface area is 210 Å². The van der Waals surface area contributed by atoms with Crippen LogP contribution < -0.4 is 10.2 Å². The molecule has 1 unspecified atom stereocenters. The van der Waals surface area contributed by atoms with E-state index in [-0.39, 0.29) is 23.9 Å². The maximum atomic E-state index is 13.4. The summed E-state index contributed by atoms with van der Waals surface area (Å²) in [5.74, 6) is 0.205. The van der Waals surface area contributed by atoms with Gasteiger partial charge in [-0.15, -0.1) is 0 Å². The Morgan fingerprint density at radius 3 is 2.64 bits per heavy atom. The fraction of sp³-hybridized carbons (Fsp3) is 0.393. The quantitative estimate of drug-likeness (QED) is 0.583. The first-order chi connectivity index (χ1) is 17.5. The maximum Gasteiger partial charge on any atom is 0.257 e. The molecule has 36 heavy (non-hydrogen) atoms. The van der Waals surface area contributed by atoms with E-state index in [0.29, 0.717) is 39.0 Å². The third-order valence-corrected chi connectivity index (χ3v) is 7.84. The van der Waals surface area contributed by atoms with Crippen LogP contribution in [0.2, 0.25) is 0 Å². The van der Waals surface area contributed by atoms with E-state index in [2.05, 4.69) is 33.0 Å². The lowest BCUT2D eigenvalue weighted by molar-refractivity contribution is -0.128. The van der Waals surface area contributed by atoms with E-state index in [1.807, 2.05) is 47.2 Å². The van der Waals surface area contributed by atoms with Gasteiger partial charge in [-0.2, -0.15) is 0 Å². The van der Waals surface area contributed by atoms with Gasteiger partial charge in [0.05, 0.1) is 16.9 Å². The van der Waals surface area contributed by atoms with Gasteiger partial charge in [0.1, 0.15) is 6.17 Å². The van der Waals surface area contributed by atoms with E-state index < -0.39 is 0 Å². The molecule has 0 saturated carbocycles. The Balaban J connectivity index is 1.28. The minimum atomic E-state index is -0.215. The average Bonchev–Trinajstić information content (AvgIpc) is 3.46. The molecule has 8 nitrogen and oxygen atoms in total. The molecule has 1 aromatic heterocycles. The Hall–Kier alpha value is -3.81. The molecule has 1 fully saturated rings. The number of anilines is 1. The van der Waals surface area contributed by atoms with Crippen molar-refractivity contribution in [2.45, 2.75) is 38.4 Å². The van der Waals surface area contributed by atoms with Crippen molar-refractivity contribution in [3.8, 4) is 0 Å². The van der Waals surface area contributed by atoms with Crippen molar-refractivity contribution in [2.75, 3.05) is 38.1 Å². The summed E-state index contributed by atoms with van der Waals surface area (Å²) in [6.45, 7) is 3.01. The predicted molar refractivity (Wildman–Crippen MR) is 138 cm³/mol. The van der Waals surface area contributed by atoms with Crippen LogP contribution in [0.5, 0.6) is 0 Å². The summed E-state index contributed by atoms with van der Waals surface area (Å²) in [6.07, 6.45) is 2.42. The Morgan fingerprint density at radius 1 is 1.00 bits per heavy atom. The second-order valence-corrected chi connectivity index (χ2v) is 9.87. The zero-order valence-corrected chi connectivity index (χ0v) is 20.6. The highest BCUT2D eigenvalue weighted by Crippen LogP contribution is 2.44. The van der Waals surface area contributed by atoms with E-state index in [4.69, 9.17) is 0 Å². The first-order valence-electron chi connectivity index (χ1n) is 12.8. The van der Waals surface area contributed by atoms with Crippen molar-refractivity contribution in [1.29, 1.82) is 0 Å². The van der Waals surface area contributed by atoms with Crippen LogP contribution in [0.1, 0.15) is 47.0 Å². The van der Waals surface area contributed by atoms with Crippen molar-refractivity contribution >= 4 is 34.3 Å². The van der Waals surface area contributed by atoms with E-state index >= 15 is 0 Å². The van der Waals surface area contributed by atoms with Crippen LogP contribution in [0.25, 0.3) is 10.9 Å². The topological polar surface area (TPSA) is 77.9 Å². The van der Waals surface area contributed by atoms with E-state index in [9.17, 15) is 14.4 Å². The fourth-order valence-corrected chi connectivity index (χ4v) is 6.12. The number of fused-ring (bicyclic) bond motifs is 6. The van der Waals surface area contributed by atoms with Crippen LogP contribution in [0, 0.1) is 0 Å². The lowest BCUT2D eigenvalue weighted by atomic mass is 9.96. The van der Waals surface area contributed by atoms with Gasteiger partial charge in [0.2, 0.25) is 11.8 Å². The number of rotatable bonds is 6. The molecule has 3 amide bonds. The fourth-order valence-electron chi connectivity index (χ4n) is 6.12. The number of hydrogen-bond acceptors (Lipinski definition) is 4.